The topological polar surface area (TPSA) is 72.8 Å². The van der Waals surface area contributed by atoms with Crippen LogP contribution in [-0.4, -0.2) is 33.0 Å². The molecule has 108 valence electrons. The van der Waals surface area contributed by atoms with E-state index in [4.69, 9.17) is 16.3 Å². The van der Waals surface area contributed by atoms with Crippen molar-refractivity contribution in [3.8, 4) is 0 Å². The fraction of sp³-hybridized carbons (Fsp3) is 0.357. The number of methoxy groups -OCH3 is 1. The zero-order chi connectivity index (χ0) is 14.6. The summed E-state index contributed by atoms with van der Waals surface area (Å²) in [6.45, 7) is 0. The molecule has 6 nitrogen and oxygen atoms in total. The van der Waals surface area contributed by atoms with Gasteiger partial charge in [0.15, 0.2) is 5.65 Å². The van der Waals surface area contributed by atoms with E-state index < -0.39 is 0 Å². The molecule has 3 aromatic rings. The van der Waals surface area contributed by atoms with Crippen LogP contribution in [0.2, 0.25) is 5.02 Å². The number of rotatable bonds is 2. The maximum absolute atomic E-state index is 12.3. The predicted molar refractivity (Wildman–Crippen MR) is 79.7 cm³/mol. The van der Waals surface area contributed by atoms with Crippen LogP contribution in [0, 0.1) is 0 Å². The van der Waals surface area contributed by atoms with Crippen LogP contribution < -0.4 is 5.69 Å². The maximum atomic E-state index is 12.3. The number of nitrogens with one attached hydrogen (secondary N) is 1. The molecule has 1 aromatic carbocycles. The summed E-state index contributed by atoms with van der Waals surface area (Å²) in [4.78, 5) is 15.0. The van der Waals surface area contributed by atoms with Crippen molar-refractivity contribution in [3.05, 3.63) is 33.7 Å². The third-order valence-corrected chi connectivity index (χ3v) is 4.38. The van der Waals surface area contributed by atoms with Crippen LogP contribution in [0.3, 0.4) is 0 Å². The molecule has 0 radical (unpaired) electrons. The van der Waals surface area contributed by atoms with Gasteiger partial charge in [-0.25, -0.2) is 4.79 Å². The summed E-state index contributed by atoms with van der Waals surface area (Å²) < 4.78 is 7.06. The van der Waals surface area contributed by atoms with E-state index in [0.29, 0.717) is 10.7 Å². The lowest BCUT2D eigenvalue weighted by molar-refractivity contribution is 0.00653. The van der Waals surface area contributed by atoms with Crippen LogP contribution in [0.15, 0.2) is 23.0 Å². The van der Waals surface area contributed by atoms with Crippen molar-refractivity contribution in [2.75, 3.05) is 7.11 Å². The lowest BCUT2D eigenvalue weighted by atomic mass is 9.89. The number of aromatic amines is 1. The average molecular weight is 305 g/mol. The fourth-order valence-corrected chi connectivity index (χ4v) is 3.12. The fourth-order valence-electron chi connectivity index (χ4n) is 2.94. The largest absolute Gasteiger partial charge is 0.381 e. The Morgan fingerprint density at radius 1 is 1.38 bits per heavy atom. The molecule has 1 aliphatic carbocycles. The first kappa shape index (κ1) is 12.8. The van der Waals surface area contributed by atoms with Gasteiger partial charge in [0.2, 0.25) is 0 Å². The quantitative estimate of drug-likeness (QED) is 0.788. The van der Waals surface area contributed by atoms with Crippen LogP contribution in [0.4, 0.5) is 0 Å². The van der Waals surface area contributed by atoms with Crippen LogP contribution in [-0.2, 0) is 4.74 Å². The molecule has 1 N–H and O–H groups in total. The minimum absolute atomic E-state index is 0.127. The van der Waals surface area contributed by atoms with Crippen molar-refractivity contribution in [1.29, 1.82) is 0 Å². The molecule has 21 heavy (non-hydrogen) atoms. The number of H-pyrrole nitrogens is 1. The summed E-state index contributed by atoms with van der Waals surface area (Å²) in [6.07, 6.45) is 1.87. The monoisotopic (exact) mass is 304 g/mol. The third-order valence-electron chi connectivity index (χ3n) is 4.15. The van der Waals surface area contributed by atoms with E-state index in [1.54, 1.807) is 17.7 Å². The van der Waals surface area contributed by atoms with E-state index >= 15 is 0 Å². The molecule has 0 atom stereocenters. The smallest absolute Gasteiger partial charge is 0.328 e. The number of benzene rings is 1. The Bertz CT molecular complexity index is 895. The van der Waals surface area contributed by atoms with Gasteiger partial charge in [0.25, 0.3) is 0 Å². The van der Waals surface area contributed by atoms with Gasteiger partial charge in [-0.15, -0.1) is 10.2 Å². The van der Waals surface area contributed by atoms with E-state index in [-0.39, 0.29) is 17.8 Å². The lowest BCUT2D eigenvalue weighted by Gasteiger charge is -2.34. The number of hydrogen-bond donors (Lipinski definition) is 1. The van der Waals surface area contributed by atoms with Gasteiger partial charge in [-0.3, -0.25) is 9.55 Å². The van der Waals surface area contributed by atoms with Crippen LogP contribution >= 0.6 is 11.6 Å². The van der Waals surface area contributed by atoms with Gasteiger partial charge in [-0.05, 0) is 31.0 Å². The van der Waals surface area contributed by atoms with E-state index in [9.17, 15) is 4.79 Å². The highest BCUT2D eigenvalue weighted by molar-refractivity contribution is 6.31. The van der Waals surface area contributed by atoms with Crippen molar-refractivity contribution in [2.45, 2.75) is 25.0 Å². The van der Waals surface area contributed by atoms with E-state index in [2.05, 4.69) is 15.2 Å². The zero-order valence-corrected chi connectivity index (χ0v) is 12.1. The number of hydrogen-bond acceptors (Lipinski definition) is 4. The van der Waals surface area contributed by atoms with Gasteiger partial charge in [0, 0.05) is 23.6 Å². The number of ether oxygens (including phenoxy) is 1. The summed E-state index contributed by atoms with van der Waals surface area (Å²) in [7, 11) is 1.69. The van der Waals surface area contributed by atoms with Crippen LogP contribution in [0.25, 0.3) is 22.1 Å². The van der Waals surface area contributed by atoms with E-state index in [1.807, 2.05) is 12.1 Å². The second kappa shape index (κ2) is 4.54. The molecule has 2 heterocycles. The predicted octanol–water partition coefficient (Wildman–Crippen LogP) is 2.28. The summed E-state index contributed by atoms with van der Waals surface area (Å²) in [5.41, 5.74) is 1.83. The second-order valence-corrected chi connectivity index (χ2v) is 5.78. The Morgan fingerprint density at radius 3 is 2.95 bits per heavy atom. The zero-order valence-electron chi connectivity index (χ0n) is 11.3. The minimum Gasteiger partial charge on any atom is -0.381 e. The third kappa shape index (κ3) is 1.86. The number of imidazole rings is 1. The van der Waals surface area contributed by atoms with Crippen molar-refractivity contribution in [1.82, 2.24) is 19.7 Å². The average Bonchev–Trinajstić information content (AvgIpc) is 2.75. The van der Waals surface area contributed by atoms with Crippen LogP contribution in [0.1, 0.15) is 18.9 Å². The van der Waals surface area contributed by atoms with Crippen molar-refractivity contribution >= 4 is 33.7 Å². The highest BCUT2D eigenvalue weighted by Crippen LogP contribution is 2.36. The number of aromatic nitrogens is 4. The molecular formula is C14H13ClN4O2. The standard InChI is InChI=1S/C14H13ClN4O2/c1-21-9-5-8(6-9)19-12-10-4-7(15)2-3-11(10)17-18-13(12)16-14(19)20/h2-4,8-9H,5-6H2,1H3,(H,16,18,20). The maximum Gasteiger partial charge on any atom is 0.328 e. The van der Waals surface area contributed by atoms with Gasteiger partial charge in [-0.1, -0.05) is 11.6 Å². The molecule has 0 saturated heterocycles. The minimum atomic E-state index is -0.161. The summed E-state index contributed by atoms with van der Waals surface area (Å²) in [5, 5.41) is 9.67. The summed E-state index contributed by atoms with van der Waals surface area (Å²) in [5.74, 6) is 0. The Hall–Kier alpha value is -1.92. The number of fused-ring (bicyclic) bond motifs is 3. The molecule has 1 fully saturated rings. The second-order valence-electron chi connectivity index (χ2n) is 5.34. The summed E-state index contributed by atoms with van der Waals surface area (Å²) in [6, 6.07) is 5.53. The SMILES string of the molecule is COC1CC(n2c(=O)[nH]c3nnc4ccc(Cl)cc4c32)C1. The molecule has 1 aliphatic rings. The van der Waals surface area contributed by atoms with E-state index in [0.717, 1.165) is 29.3 Å². The number of nitrogens with zero attached hydrogens (tertiary/aromatic N) is 3. The van der Waals surface area contributed by atoms with Gasteiger partial charge >= 0.3 is 5.69 Å². The molecule has 4 rings (SSSR count). The van der Waals surface area contributed by atoms with Gasteiger partial charge in [-0.2, -0.15) is 0 Å². The normalized spacial score (nSPS) is 21.8. The van der Waals surface area contributed by atoms with Crippen LogP contribution in [0.5, 0.6) is 0 Å². The first-order valence-electron chi connectivity index (χ1n) is 6.76. The molecule has 0 spiro atoms. The van der Waals surface area contributed by atoms with Gasteiger partial charge in [0.05, 0.1) is 11.6 Å². The molecule has 7 heteroatoms. The number of halogens is 1. The highest BCUT2D eigenvalue weighted by Gasteiger charge is 2.33. The van der Waals surface area contributed by atoms with E-state index in [1.165, 1.54) is 0 Å². The first-order chi connectivity index (χ1) is 10.2. The Morgan fingerprint density at radius 2 is 2.19 bits per heavy atom. The van der Waals surface area contributed by atoms with Crippen molar-refractivity contribution in [2.24, 2.45) is 0 Å². The van der Waals surface area contributed by atoms with Gasteiger partial charge < -0.3 is 4.74 Å². The highest BCUT2D eigenvalue weighted by atomic mass is 35.5. The Kier molecular flexibility index (Phi) is 2.77. The molecular weight excluding hydrogens is 292 g/mol. The van der Waals surface area contributed by atoms with Gasteiger partial charge in [0.1, 0.15) is 5.52 Å². The summed E-state index contributed by atoms with van der Waals surface area (Å²) >= 11 is 6.09. The van der Waals surface area contributed by atoms with Crippen molar-refractivity contribution < 1.29 is 4.74 Å². The molecule has 0 amide bonds. The molecule has 1 saturated carbocycles. The van der Waals surface area contributed by atoms with Crippen molar-refractivity contribution in [3.63, 3.8) is 0 Å². The molecule has 0 unspecified atom stereocenters. The Labute approximate surface area is 124 Å². The Balaban J connectivity index is 1.99. The molecule has 0 bridgehead atoms. The molecule has 0 aliphatic heterocycles. The lowest BCUT2D eigenvalue weighted by Crippen LogP contribution is -2.36. The molecule has 2 aromatic heterocycles. The first-order valence-corrected chi connectivity index (χ1v) is 7.14.